The minimum atomic E-state index is 0.496. The summed E-state index contributed by atoms with van der Waals surface area (Å²) in [4.78, 5) is 2.36. The number of aryl methyl sites for hydroxylation is 1. The molecule has 0 aliphatic rings. The Morgan fingerprint density at radius 2 is 2.05 bits per heavy atom. The van der Waals surface area contributed by atoms with Gasteiger partial charge in [-0.25, -0.2) is 0 Å². The SMILES string of the molecule is COc1ccc(CNC(=S)N/N=C\c2ccc(C)s2)cc1. The van der Waals surface area contributed by atoms with Crippen LogP contribution in [0, 0.1) is 6.92 Å². The molecule has 4 nitrogen and oxygen atoms in total. The molecule has 0 fully saturated rings. The Hall–Kier alpha value is -1.92. The molecule has 2 rings (SSSR count). The summed E-state index contributed by atoms with van der Waals surface area (Å²) in [7, 11) is 1.65. The molecule has 2 aromatic rings. The number of thiophene rings is 1. The number of hydrazone groups is 1. The first-order valence-electron chi connectivity index (χ1n) is 6.43. The molecule has 0 aliphatic carbocycles. The predicted molar refractivity (Wildman–Crippen MR) is 92.2 cm³/mol. The van der Waals surface area contributed by atoms with E-state index in [4.69, 9.17) is 17.0 Å². The summed E-state index contributed by atoms with van der Waals surface area (Å²) in [6.07, 6.45) is 1.76. The van der Waals surface area contributed by atoms with Crippen molar-refractivity contribution < 1.29 is 4.74 Å². The second kappa shape index (κ2) is 7.75. The molecule has 0 amide bonds. The normalized spacial score (nSPS) is 10.6. The number of nitrogens with zero attached hydrogens (tertiary/aromatic N) is 1. The van der Waals surface area contributed by atoms with Crippen LogP contribution in [0.1, 0.15) is 15.3 Å². The highest BCUT2D eigenvalue weighted by molar-refractivity contribution is 7.80. The van der Waals surface area contributed by atoms with Crippen molar-refractivity contribution in [2.75, 3.05) is 7.11 Å². The minimum Gasteiger partial charge on any atom is -0.497 e. The lowest BCUT2D eigenvalue weighted by molar-refractivity contribution is 0.414. The highest BCUT2D eigenvalue weighted by Gasteiger charge is 1.97. The van der Waals surface area contributed by atoms with Crippen molar-refractivity contribution in [1.82, 2.24) is 10.7 Å². The van der Waals surface area contributed by atoms with E-state index in [2.05, 4.69) is 28.8 Å². The Morgan fingerprint density at radius 3 is 2.67 bits per heavy atom. The largest absolute Gasteiger partial charge is 0.497 e. The third-order valence-electron chi connectivity index (χ3n) is 2.73. The van der Waals surface area contributed by atoms with Crippen molar-refractivity contribution in [1.29, 1.82) is 0 Å². The standard InChI is InChI=1S/C15H17N3OS2/c1-11-3-8-14(21-11)10-17-18-15(20)16-9-12-4-6-13(19-2)7-5-12/h3-8,10H,9H2,1-2H3,(H2,16,18,20)/b17-10-. The smallest absolute Gasteiger partial charge is 0.187 e. The number of hydrogen-bond acceptors (Lipinski definition) is 4. The number of thiocarbonyl (C=S) groups is 1. The Kier molecular flexibility index (Phi) is 5.71. The summed E-state index contributed by atoms with van der Waals surface area (Å²) in [5, 5.41) is 7.70. The van der Waals surface area contributed by atoms with Gasteiger partial charge in [-0.1, -0.05) is 12.1 Å². The van der Waals surface area contributed by atoms with E-state index in [1.54, 1.807) is 24.7 Å². The predicted octanol–water partition coefficient (Wildman–Crippen LogP) is 3.06. The summed E-state index contributed by atoms with van der Waals surface area (Å²) in [6, 6.07) is 11.9. The number of nitrogens with one attached hydrogen (secondary N) is 2. The average Bonchev–Trinajstić information content (AvgIpc) is 2.91. The van der Waals surface area contributed by atoms with Crippen LogP contribution in [0.5, 0.6) is 5.75 Å². The summed E-state index contributed by atoms with van der Waals surface area (Å²) < 4.78 is 5.11. The molecule has 1 heterocycles. The van der Waals surface area contributed by atoms with Crippen molar-refractivity contribution in [2.24, 2.45) is 5.10 Å². The fourth-order valence-electron chi connectivity index (χ4n) is 1.64. The molecule has 0 atom stereocenters. The molecule has 0 radical (unpaired) electrons. The molecule has 1 aromatic carbocycles. The van der Waals surface area contributed by atoms with Crippen LogP contribution >= 0.6 is 23.6 Å². The third kappa shape index (κ3) is 5.17. The van der Waals surface area contributed by atoms with Crippen LogP contribution in [0.25, 0.3) is 0 Å². The fourth-order valence-corrected chi connectivity index (χ4v) is 2.52. The van der Waals surface area contributed by atoms with Crippen molar-refractivity contribution in [2.45, 2.75) is 13.5 Å². The molecule has 6 heteroatoms. The summed E-state index contributed by atoms with van der Waals surface area (Å²) >= 11 is 6.85. The summed E-state index contributed by atoms with van der Waals surface area (Å²) in [6.45, 7) is 2.71. The van der Waals surface area contributed by atoms with E-state index < -0.39 is 0 Å². The van der Waals surface area contributed by atoms with Crippen LogP contribution < -0.4 is 15.5 Å². The number of benzene rings is 1. The van der Waals surface area contributed by atoms with E-state index >= 15 is 0 Å². The number of hydrogen-bond donors (Lipinski definition) is 2. The number of rotatable bonds is 5. The van der Waals surface area contributed by atoms with Crippen molar-refractivity contribution >= 4 is 34.9 Å². The van der Waals surface area contributed by atoms with Gasteiger partial charge in [-0.2, -0.15) is 5.10 Å². The molecular weight excluding hydrogens is 302 g/mol. The van der Waals surface area contributed by atoms with Crippen LogP contribution in [0.3, 0.4) is 0 Å². The van der Waals surface area contributed by atoms with Crippen LogP contribution in [-0.4, -0.2) is 18.4 Å². The first-order valence-corrected chi connectivity index (χ1v) is 7.66. The fraction of sp³-hybridized carbons (Fsp3) is 0.200. The van der Waals surface area contributed by atoms with Gasteiger partial charge in [0.2, 0.25) is 0 Å². The molecule has 0 bridgehead atoms. The van der Waals surface area contributed by atoms with Crippen molar-refractivity contribution in [3.8, 4) is 5.75 Å². The molecule has 21 heavy (non-hydrogen) atoms. The molecular formula is C15H17N3OS2. The van der Waals surface area contributed by atoms with Crippen LogP contribution in [0.4, 0.5) is 0 Å². The van der Waals surface area contributed by atoms with Crippen molar-refractivity contribution in [3.63, 3.8) is 0 Å². The zero-order chi connectivity index (χ0) is 15.1. The molecule has 1 aromatic heterocycles. The zero-order valence-electron chi connectivity index (χ0n) is 11.9. The van der Waals surface area contributed by atoms with E-state index in [9.17, 15) is 0 Å². The first-order chi connectivity index (χ1) is 10.2. The van der Waals surface area contributed by atoms with E-state index in [1.807, 2.05) is 30.3 Å². The summed E-state index contributed by atoms with van der Waals surface area (Å²) in [5.74, 6) is 0.843. The van der Waals surface area contributed by atoms with Crippen molar-refractivity contribution in [3.05, 3.63) is 51.7 Å². The lowest BCUT2D eigenvalue weighted by atomic mass is 10.2. The maximum Gasteiger partial charge on any atom is 0.187 e. The van der Waals surface area contributed by atoms with Gasteiger partial charge in [0.05, 0.1) is 13.3 Å². The van der Waals surface area contributed by atoms with Crippen LogP contribution in [0.15, 0.2) is 41.5 Å². The number of methoxy groups -OCH3 is 1. The van der Waals surface area contributed by atoms with Gasteiger partial charge >= 0.3 is 0 Å². The maximum atomic E-state index is 5.17. The topological polar surface area (TPSA) is 45.6 Å². The van der Waals surface area contributed by atoms with E-state index in [0.717, 1.165) is 16.2 Å². The Morgan fingerprint density at radius 1 is 1.29 bits per heavy atom. The van der Waals surface area contributed by atoms with Gasteiger partial charge in [-0.3, -0.25) is 5.43 Å². The highest BCUT2D eigenvalue weighted by Crippen LogP contribution is 2.12. The molecule has 0 saturated carbocycles. The third-order valence-corrected chi connectivity index (χ3v) is 3.90. The highest BCUT2D eigenvalue weighted by atomic mass is 32.1. The van der Waals surface area contributed by atoms with E-state index in [0.29, 0.717) is 11.7 Å². The average molecular weight is 319 g/mol. The monoisotopic (exact) mass is 319 g/mol. The van der Waals surface area contributed by atoms with Gasteiger partial charge in [0.15, 0.2) is 5.11 Å². The Balaban J connectivity index is 1.75. The first kappa shape index (κ1) is 15.5. The second-order valence-electron chi connectivity index (χ2n) is 4.35. The van der Waals surface area contributed by atoms with Gasteiger partial charge < -0.3 is 10.1 Å². The van der Waals surface area contributed by atoms with Crippen LogP contribution in [0.2, 0.25) is 0 Å². The Bertz CT molecular complexity index is 620. The molecule has 0 saturated heterocycles. The quantitative estimate of drug-likeness (QED) is 0.505. The van der Waals surface area contributed by atoms with Gasteiger partial charge in [0.25, 0.3) is 0 Å². The molecule has 0 unspecified atom stereocenters. The van der Waals surface area contributed by atoms with Crippen LogP contribution in [-0.2, 0) is 6.54 Å². The van der Waals surface area contributed by atoms with Gasteiger partial charge in [0.1, 0.15) is 5.75 Å². The molecule has 2 N–H and O–H groups in total. The molecule has 0 aliphatic heterocycles. The van der Waals surface area contributed by atoms with E-state index in [1.165, 1.54) is 4.88 Å². The lowest BCUT2D eigenvalue weighted by Crippen LogP contribution is -2.31. The molecule has 110 valence electrons. The minimum absolute atomic E-state index is 0.496. The van der Waals surface area contributed by atoms with Gasteiger partial charge in [-0.15, -0.1) is 11.3 Å². The second-order valence-corrected chi connectivity index (χ2v) is 6.08. The molecule has 0 spiro atoms. The van der Waals surface area contributed by atoms with E-state index in [-0.39, 0.29) is 0 Å². The summed E-state index contributed by atoms with van der Waals surface area (Å²) in [5.41, 5.74) is 3.93. The number of ether oxygens (including phenoxy) is 1. The zero-order valence-corrected chi connectivity index (χ0v) is 13.6. The Labute approximate surface area is 133 Å². The van der Waals surface area contributed by atoms with Gasteiger partial charge in [0, 0.05) is 16.3 Å². The van der Waals surface area contributed by atoms with Gasteiger partial charge in [-0.05, 0) is 49.0 Å². The lowest BCUT2D eigenvalue weighted by Gasteiger charge is -2.07. The maximum absolute atomic E-state index is 5.17.